The van der Waals surface area contributed by atoms with Crippen LogP contribution in [-0.2, 0) is 4.74 Å². The van der Waals surface area contributed by atoms with Crippen LogP contribution in [0.4, 0.5) is 0 Å². The van der Waals surface area contributed by atoms with Crippen LogP contribution in [0.5, 0.6) is 0 Å². The Morgan fingerprint density at radius 1 is 1.15 bits per heavy atom. The molecule has 5 heteroatoms. The van der Waals surface area contributed by atoms with Gasteiger partial charge in [0, 0.05) is 12.6 Å². The van der Waals surface area contributed by atoms with Gasteiger partial charge < -0.3 is 14.6 Å². The van der Waals surface area contributed by atoms with Gasteiger partial charge in [0.1, 0.15) is 6.10 Å². The average Bonchev–Trinajstić information content (AvgIpc) is 2.83. The lowest BCUT2D eigenvalue weighted by Gasteiger charge is -2.23. The highest BCUT2D eigenvalue weighted by Gasteiger charge is 2.30. The lowest BCUT2D eigenvalue weighted by Crippen LogP contribution is -2.32. The van der Waals surface area contributed by atoms with Gasteiger partial charge in [0.25, 0.3) is 0 Å². The van der Waals surface area contributed by atoms with Gasteiger partial charge in [0.05, 0.1) is 5.92 Å². The second-order valence-electron chi connectivity index (χ2n) is 5.96. The molecule has 0 aliphatic carbocycles. The molecule has 0 aromatic carbocycles. The summed E-state index contributed by atoms with van der Waals surface area (Å²) in [4.78, 5) is 4.60. The maximum atomic E-state index is 5.73. The van der Waals surface area contributed by atoms with Gasteiger partial charge in [-0.25, -0.2) is 0 Å². The van der Waals surface area contributed by atoms with Gasteiger partial charge in [0.2, 0.25) is 11.7 Å². The van der Waals surface area contributed by atoms with E-state index in [1.807, 2.05) is 14.0 Å². The monoisotopic (exact) mass is 283 g/mol. The van der Waals surface area contributed by atoms with Crippen LogP contribution >= 0.6 is 0 Å². The topological polar surface area (TPSA) is 60.2 Å². The number of ether oxygens (including phenoxy) is 1. The predicted octanol–water partition coefficient (Wildman–Crippen LogP) is 3.15. The quantitative estimate of drug-likeness (QED) is 0.794. The molecule has 1 rings (SSSR count). The SMILES string of the molecule is CCOC(c1noc(C(C(C)C)C(C)NC)n1)C(C)C. The largest absolute Gasteiger partial charge is 0.370 e. The Labute approximate surface area is 122 Å². The molecule has 0 fully saturated rings. The van der Waals surface area contributed by atoms with E-state index in [0.717, 1.165) is 0 Å². The number of likely N-dealkylation sites (N-methyl/N-ethyl adjacent to an activating group) is 1. The van der Waals surface area contributed by atoms with Crippen molar-refractivity contribution in [3.05, 3.63) is 11.7 Å². The summed E-state index contributed by atoms with van der Waals surface area (Å²) in [6, 6.07) is 0.285. The number of hydrogen-bond donors (Lipinski definition) is 1. The molecule has 0 bridgehead atoms. The molecule has 3 unspecified atom stereocenters. The average molecular weight is 283 g/mol. The fourth-order valence-electron chi connectivity index (χ4n) is 2.50. The highest BCUT2D eigenvalue weighted by atomic mass is 16.5. The first kappa shape index (κ1) is 17.1. The maximum Gasteiger partial charge on any atom is 0.231 e. The summed E-state index contributed by atoms with van der Waals surface area (Å²) in [5.41, 5.74) is 0. The molecule has 1 aromatic heterocycles. The van der Waals surface area contributed by atoms with E-state index in [-0.39, 0.29) is 18.1 Å². The van der Waals surface area contributed by atoms with E-state index in [0.29, 0.717) is 30.2 Å². The molecule has 0 aliphatic heterocycles. The van der Waals surface area contributed by atoms with Crippen LogP contribution in [0.2, 0.25) is 0 Å². The van der Waals surface area contributed by atoms with Crippen LogP contribution in [-0.4, -0.2) is 29.8 Å². The lowest BCUT2D eigenvalue weighted by atomic mass is 9.89. The van der Waals surface area contributed by atoms with E-state index in [1.54, 1.807) is 0 Å². The maximum absolute atomic E-state index is 5.73. The summed E-state index contributed by atoms with van der Waals surface area (Å²) in [6.07, 6.45) is -0.102. The standard InChI is InChI=1S/C15H29N3O2/c1-8-19-13(10(4)5)14-17-15(20-18-14)12(9(2)3)11(6)16-7/h9-13,16H,8H2,1-7H3. The van der Waals surface area contributed by atoms with Crippen molar-refractivity contribution < 1.29 is 9.26 Å². The molecule has 116 valence electrons. The lowest BCUT2D eigenvalue weighted by molar-refractivity contribution is 0.0217. The van der Waals surface area contributed by atoms with Crippen LogP contribution in [0, 0.1) is 11.8 Å². The molecule has 1 aromatic rings. The smallest absolute Gasteiger partial charge is 0.231 e. The van der Waals surface area contributed by atoms with Gasteiger partial charge in [0.15, 0.2) is 0 Å². The van der Waals surface area contributed by atoms with Gasteiger partial charge in [-0.05, 0) is 32.7 Å². The third-order valence-electron chi connectivity index (χ3n) is 3.66. The fraction of sp³-hybridized carbons (Fsp3) is 0.867. The molecular formula is C15H29N3O2. The van der Waals surface area contributed by atoms with Crippen LogP contribution in [0.1, 0.15) is 65.3 Å². The number of hydrogen-bond acceptors (Lipinski definition) is 5. The van der Waals surface area contributed by atoms with E-state index in [2.05, 4.69) is 50.1 Å². The zero-order valence-corrected chi connectivity index (χ0v) is 13.8. The number of nitrogens with zero attached hydrogens (tertiary/aromatic N) is 2. The molecule has 3 atom stereocenters. The minimum atomic E-state index is -0.102. The third kappa shape index (κ3) is 4.03. The Bertz CT molecular complexity index is 390. The van der Waals surface area contributed by atoms with Gasteiger partial charge in [-0.2, -0.15) is 4.98 Å². The Kier molecular flexibility index (Phi) is 6.62. The van der Waals surface area contributed by atoms with E-state index < -0.39 is 0 Å². The van der Waals surface area contributed by atoms with Crippen molar-refractivity contribution in [1.29, 1.82) is 0 Å². The van der Waals surface area contributed by atoms with Gasteiger partial charge in [-0.1, -0.05) is 32.9 Å². The first-order valence-electron chi connectivity index (χ1n) is 7.54. The fourth-order valence-corrected chi connectivity index (χ4v) is 2.50. The molecular weight excluding hydrogens is 254 g/mol. The summed E-state index contributed by atoms with van der Waals surface area (Å²) in [5.74, 6) is 2.30. The number of aromatic nitrogens is 2. The first-order valence-corrected chi connectivity index (χ1v) is 7.54. The Morgan fingerprint density at radius 3 is 2.25 bits per heavy atom. The molecule has 0 saturated carbocycles. The van der Waals surface area contributed by atoms with E-state index in [4.69, 9.17) is 9.26 Å². The molecule has 0 spiro atoms. The molecule has 5 nitrogen and oxygen atoms in total. The summed E-state index contributed by atoms with van der Waals surface area (Å²) >= 11 is 0. The molecule has 0 aliphatic rings. The summed E-state index contributed by atoms with van der Waals surface area (Å²) in [6.45, 7) is 13.3. The highest BCUT2D eigenvalue weighted by molar-refractivity contribution is 5.02. The molecule has 0 amide bonds. The zero-order valence-electron chi connectivity index (χ0n) is 13.8. The predicted molar refractivity (Wildman–Crippen MR) is 79.6 cm³/mol. The van der Waals surface area contributed by atoms with Crippen molar-refractivity contribution in [3.63, 3.8) is 0 Å². The Morgan fingerprint density at radius 2 is 1.80 bits per heavy atom. The van der Waals surface area contributed by atoms with Gasteiger partial charge >= 0.3 is 0 Å². The summed E-state index contributed by atoms with van der Waals surface area (Å²) < 4.78 is 11.2. The van der Waals surface area contributed by atoms with Gasteiger partial charge in [-0.3, -0.25) is 0 Å². The second kappa shape index (κ2) is 7.74. The molecule has 1 heterocycles. The molecule has 1 N–H and O–H groups in total. The molecule has 0 saturated heterocycles. The minimum absolute atomic E-state index is 0.102. The third-order valence-corrected chi connectivity index (χ3v) is 3.66. The molecule has 0 radical (unpaired) electrons. The summed E-state index contributed by atoms with van der Waals surface area (Å²) in [5, 5.41) is 7.41. The van der Waals surface area contributed by atoms with E-state index >= 15 is 0 Å². The van der Waals surface area contributed by atoms with Crippen molar-refractivity contribution in [2.45, 2.75) is 59.6 Å². The normalized spacial score (nSPS) is 16.6. The molecule has 20 heavy (non-hydrogen) atoms. The van der Waals surface area contributed by atoms with Crippen molar-refractivity contribution in [3.8, 4) is 0 Å². The van der Waals surface area contributed by atoms with Crippen molar-refractivity contribution in [2.75, 3.05) is 13.7 Å². The van der Waals surface area contributed by atoms with Crippen LogP contribution in [0.3, 0.4) is 0 Å². The van der Waals surface area contributed by atoms with Crippen LogP contribution in [0.25, 0.3) is 0 Å². The van der Waals surface area contributed by atoms with Crippen molar-refractivity contribution in [2.24, 2.45) is 11.8 Å². The Hall–Kier alpha value is -0.940. The van der Waals surface area contributed by atoms with E-state index in [1.165, 1.54) is 0 Å². The Balaban J connectivity index is 2.98. The minimum Gasteiger partial charge on any atom is -0.370 e. The van der Waals surface area contributed by atoms with Crippen LogP contribution < -0.4 is 5.32 Å². The summed E-state index contributed by atoms with van der Waals surface area (Å²) in [7, 11) is 1.95. The number of rotatable bonds is 8. The van der Waals surface area contributed by atoms with Crippen LogP contribution in [0.15, 0.2) is 4.52 Å². The number of nitrogens with one attached hydrogen (secondary N) is 1. The van der Waals surface area contributed by atoms with Gasteiger partial charge in [-0.15, -0.1) is 0 Å². The zero-order chi connectivity index (χ0) is 15.3. The van der Waals surface area contributed by atoms with Crippen molar-refractivity contribution in [1.82, 2.24) is 15.5 Å². The second-order valence-corrected chi connectivity index (χ2v) is 5.96. The first-order chi connectivity index (χ1) is 9.42. The van der Waals surface area contributed by atoms with E-state index in [9.17, 15) is 0 Å². The highest BCUT2D eigenvalue weighted by Crippen LogP contribution is 2.29. The van der Waals surface area contributed by atoms with Crippen molar-refractivity contribution >= 4 is 0 Å².